The molecule has 0 unspecified atom stereocenters. The Kier molecular flexibility index (Phi) is 3.44. The third-order valence-corrected chi connectivity index (χ3v) is 5.40. The fourth-order valence-corrected chi connectivity index (χ4v) is 4.08. The van der Waals surface area contributed by atoms with Crippen LogP contribution in [0.1, 0.15) is 11.3 Å². The van der Waals surface area contributed by atoms with Gasteiger partial charge >= 0.3 is 0 Å². The van der Waals surface area contributed by atoms with E-state index in [0.717, 1.165) is 10.1 Å². The Bertz CT molecular complexity index is 896. The smallest absolute Gasteiger partial charge is 0.281 e. The molecule has 0 bridgehead atoms. The fraction of sp³-hybridized carbons (Fsp3) is 0.154. The van der Waals surface area contributed by atoms with E-state index in [1.165, 1.54) is 0 Å². The van der Waals surface area contributed by atoms with E-state index in [0.29, 0.717) is 11.4 Å². The summed E-state index contributed by atoms with van der Waals surface area (Å²) >= 11 is 1.59. The van der Waals surface area contributed by atoms with Crippen molar-refractivity contribution in [2.24, 2.45) is 0 Å². The molecule has 110 valence electrons. The van der Waals surface area contributed by atoms with Crippen LogP contribution in [-0.2, 0) is 16.6 Å². The molecule has 8 heteroatoms. The number of nitrogens with zero attached hydrogens (tertiary/aromatic N) is 1. The highest BCUT2D eigenvalue weighted by Crippen LogP contribution is 2.26. The molecule has 0 aliphatic rings. The van der Waals surface area contributed by atoms with Crippen molar-refractivity contribution in [1.29, 1.82) is 0 Å². The Hall–Kier alpha value is -1.90. The third kappa shape index (κ3) is 2.53. The molecule has 3 rings (SSSR count). The number of benzene rings is 1. The van der Waals surface area contributed by atoms with Gasteiger partial charge in [0.2, 0.25) is 5.03 Å². The van der Waals surface area contributed by atoms with Crippen LogP contribution in [0.5, 0.6) is 0 Å². The molecule has 0 aliphatic heterocycles. The quantitative estimate of drug-likeness (QED) is 0.686. The summed E-state index contributed by atoms with van der Waals surface area (Å²) < 4.78 is 28.3. The Balaban J connectivity index is 1.98. The van der Waals surface area contributed by atoms with Gasteiger partial charge in [-0.2, -0.15) is 13.5 Å². The Morgan fingerprint density at radius 1 is 1.38 bits per heavy atom. The average molecular weight is 323 g/mol. The van der Waals surface area contributed by atoms with Crippen LogP contribution in [0, 0.1) is 6.92 Å². The standard InChI is InChI=1S/C13H13N3O3S2/c1-8-11(7-17)13(15-14-8)21(18,19)16-10-2-3-12-9(6-10)4-5-20-12/h2-6,16-17H,7H2,1H3,(H,14,15). The maximum Gasteiger partial charge on any atom is 0.281 e. The summed E-state index contributed by atoms with van der Waals surface area (Å²) in [4.78, 5) is 0. The third-order valence-electron chi connectivity index (χ3n) is 3.15. The lowest BCUT2D eigenvalue weighted by Gasteiger charge is -2.07. The average Bonchev–Trinajstić information content (AvgIpc) is 3.03. The first kappa shape index (κ1) is 14.1. The van der Waals surface area contributed by atoms with Crippen LogP contribution in [0.15, 0.2) is 34.7 Å². The van der Waals surface area contributed by atoms with E-state index in [-0.39, 0.29) is 17.2 Å². The summed E-state index contributed by atoms with van der Waals surface area (Å²) in [6.45, 7) is 1.27. The van der Waals surface area contributed by atoms with Gasteiger partial charge in [-0.1, -0.05) is 0 Å². The van der Waals surface area contributed by atoms with Gasteiger partial charge in [0.05, 0.1) is 6.61 Å². The molecule has 0 saturated heterocycles. The van der Waals surface area contributed by atoms with Crippen LogP contribution < -0.4 is 4.72 Å². The highest BCUT2D eigenvalue weighted by molar-refractivity contribution is 7.92. The second-order valence-corrected chi connectivity index (χ2v) is 7.11. The van der Waals surface area contributed by atoms with Gasteiger partial charge in [-0.05, 0) is 42.0 Å². The molecule has 0 radical (unpaired) electrons. The zero-order chi connectivity index (χ0) is 15.0. The number of aliphatic hydroxyl groups excluding tert-OH is 1. The number of rotatable bonds is 4. The summed E-state index contributed by atoms with van der Waals surface area (Å²) in [7, 11) is -3.84. The topological polar surface area (TPSA) is 95.1 Å². The van der Waals surface area contributed by atoms with Crippen molar-refractivity contribution >= 4 is 37.1 Å². The summed E-state index contributed by atoms with van der Waals surface area (Å²) in [5, 5.41) is 18.4. The maximum atomic E-state index is 12.4. The Morgan fingerprint density at radius 3 is 2.95 bits per heavy atom. The van der Waals surface area contributed by atoms with E-state index in [4.69, 9.17) is 0 Å². The molecule has 3 aromatic rings. The molecule has 0 amide bonds. The number of hydrogen-bond donors (Lipinski definition) is 3. The lowest BCUT2D eigenvalue weighted by Crippen LogP contribution is -2.15. The molecule has 0 saturated carbocycles. The largest absolute Gasteiger partial charge is 0.392 e. The molecular formula is C13H13N3O3S2. The van der Waals surface area contributed by atoms with Crippen LogP contribution in [-0.4, -0.2) is 23.7 Å². The first-order valence-electron chi connectivity index (χ1n) is 6.16. The predicted octanol–water partition coefficient (Wildman–Crippen LogP) is 2.23. The number of anilines is 1. The first-order chi connectivity index (χ1) is 10.0. The summed E-state index contributed by atoms with van der Waals surface area (Å²) in [6.07, 6.45) is 0. The van der Waals surface area contributed by atoms with Crippen LogP contribution in [0.2, 0.25) is 0 Å². The van der Waals surface area contributed by atoms with Crippen molar-refractivity contribution in [1.82, 2.24) is 10.2 Å². The minimum absolute atomic E-state index is 0.173. The van der Waals surface area contributed by atoms with Gasteiger partial charge in [0, 0.05) is 21.6 Å². The second-order valence-electron chi connectivity index (χ2n) is 4.57. The number of fused-ring (bicyclic) bond motifs is 1. The number of aromatic nitrogens is 2. The zero-order valence-corrected chi connectivity index (χ0v) is 12.8. The lowest BCUT2D eigenvalue weighted by molar-refractivity contribution is 0.277. The van der Waals surface area contributed by atoms with Gasteiger partial charge in [-0.3, -0.25) is 9.82 Å². The number of aryl methyl sites for hydroxylation is 1. The molecule has 6 nitrogen and oxygen atoms in total. The molecule has 2 aromatic heterocycles. The fourth-order valence-electron chi connectivity index (χ4n) is 2.07. The molecule has 0 spiro atoms. The molecule has 0 fully saturated rings. The van der Waals surface area contributed by atoms with Crippen LogP contribution in [0.25, 0.3) is 10.1 Å². The summed E-state index contributed by atoms with van der Waals surface area (Å²) in [5.74, 6) is 0. The zero-order valence-electron chi connectivity index (χ0n) is 11.1. The minimum atomic E-state index is -3.84. The van der Waals surface area contributed by atoms with E-state index in [2.05, 4.69) is 14.9 Å². The van der Waals surface area contributed by atoms with Crippen molar-refractivity contribution in [3.8, 4) is 0 Å². The first-order valence-corrected chi connectivity index (χ1v) is 8.52. The van der Waals surface area contributed by atoms with Crippen LogP contribution >= 0.6 is 11.3 Å². The van der Waals surface area contributed by atoms with Crippen LogP contribution in [0.4, 0.5) is 5.69 Å². The number of sulfonamides is 1. The molecule has 3 N–H and O–H groups in total. The Morgan fingerprint density at radius 2 is 2.19 bits per heavy atom. The molecule has 1 aromatic carbocycles. The van der Waals surface area contributed by atoms with E-state index >= 15 is 0 Å². The van der Waals surface area contributed by atoms with Crippen molar-refractivity contribution < 1.29 is 13.5 Å². The normalized spacial score (nSPS) is 11.9. The highest BCUT2D eigenvalue weighted by Gasteiger charge is 2.23. The number of aliphatic hydroxyl groups is 1. The maximum absolute atomic E-state index is 12.4. The van der Waals surface area contributed by atoms with Crippen LogP contribution in [0.3, 0.4) is 0 Å². The van der Waals surface area contributed by atoms with E-state index in [1.807, 2.05) is 17.5 Å². The molecular weight excluding hydrogens is 310 g/mol. The van der Waals surface area contributed by atoms with Gasteiger partial charge in [-0.25, -0.2) is 0 Å². The van der Waals surface area contributed by atoms with E-state index in [9.17, 15) is 13.5 Å². The van der Waals surface area contributed by atoms with Gasteiger partial charge in [0.1, 0.15) is 0 Å². The second kappa shape index (κ2) is 5.14. The molecule has 0 atom stereocenters. The summed E-state index contributed by atoms with van der Waals surface area (Å²) in [6, 6.07) is 7.26. The number of aromatic amines is 1. The number of nitrogens with one attached hydrogen (secondary N) is 2. The SMILES string of the molecule is Cc1[nH]nc(S(=O)(=O)Nc2ccc3sccc3c2)c1CO. The number of H-pyrrole nitrogens is 1. The molecule has 2 heterocycles. The van der Waals surface area contributed by atoms with E-state index < -0.39 is 10.0 Å². The number of thiophene rings is 1. The van der Waals surface area contributed by atoms with Crippen molar-refractivity contribution in [3.63, 3.8) is 0 Å². The van der Waals surface area contributed by atoms with Crippen molar-refractivity contribution in [2.75, 3.05) is 4.72 Å². The van der Waals surface area contributed by atoms with Gasteiger partial charge in [0.25, 0.3) is 10.0 Å². The summed E-state index contributed by atoms with van der Waals surface area (Å²) in [5.41, 5.74) is 1.27. The molecule has 0 aliphatic carbocycles. The highest BCUT2D eigenvalue weighted by atomic mass is 32.2. The van der Waals surface area contributed by atoms with Gasteiger partial charge < -0.3 is 5.11 Å². The molecule has 21 heavy (non-hydrogen) atoms. The Labute approximate surface area is 125 Å². The van der Waals surface area contributed by atoms with E-state index in [1.54, 1.807) is 30.4 Å². The van der Waals surface area contributed by atoms with Crippen molar-refractivity contribution in [2.45, 2.75) is 18.6 Å². The van der Waals surface area contributed by atoms with Crippen molar-refractivity contribution in [3.05, 3.63) is 40.9 Å². The monoisotopic (exact) mass is 323 g/mol. The lowest BCUT2D eigenvalue weighted by atomic mass is 10.2. The number of hydrogen-bond acceptors (Lipinski definition) is 5. The minimum Gasteiger partial charge on any atom is -0.392 e. The predicted molar refractivity (Wildman–Crippen MR) is 81.9 cm³/mol. The van der Waals surface area contributed by atoms with Gasteiger partial charge in [-0.15, -0.1) is 11.3 Å². The van der Waals surface area contributed by atoms with Gasteiger partial charge in [0.15, 0.2) is 0 Å².